The molecule has 1 heterocycles. The molecule has 180 valence electrons. The average molecular weight is 495 g/mol. The van der Waals surface area contributed by atoms with Crippen LogP contribution in [0.5, 0.6) is 0 Å². The summed E-state index contributed by atoms with van der Waals surface area (Å²) in [6.07, 6.45) is 0.657. The smallest absolute Gasteiger partial charge is 0.310 e. The third-order valence-corrected chi connectivity index (χ3v) is 6.67. The summed E-state index contributed by atoms with van der Waals surface area (Å²) < 4.78 is 4.97. The van der Waals surface area contributed by atoms with Crippen molar-refractivity contribution in [3.63, 3.8) is 0 Å². The number of hydrogen-bond donors (Lipinski definition) is 1. The lowest BCUT2D eigenvalue weighted by Crippen LogP contribution is -2.21. The van der Waals surface area contributed by atoms with Crippen LogP contribution in [-0.2, 0) is 28.9 Å². The Morgan fingerprint density at radius 1 is 0.833 bits per heavy atom. The highest BCUT2D eigenvalue weighted by molar-refractivity contribution is 7.12. The van der Waals surface area contributed by atoms with E-state index in [0.717, 1.165) is 38.9 Å². The molecule has 4 rings (SSSR count). The summed E-state index contributed by atoms with van der Waals surface area (Å²) >= 11 is 1.42. The van der Waals surface area contributed by atoms with E-state index in [1.54, 1.807) is 6.92 Å². The van der Waals surface area contributed by atoms with E-state index in [-0.39, 0.29) is 18.3 Å². The minimum Gasteiger partial charge on any atom is -0.466 e. The number of esters is 1. The Bertz CT molecular complexity index is 1370. The van der Waals surface area contributed by atoms with Crippen molar-refractivity contribution in [2.45, 2.75) is 26.3 Å². The Hall–Kier alpha value is -4.21. The van der Waals surface area contributed by atoms with Gasteiger partial charge in [-0.1, -0.05) is 72.8 Å². The molecule has 0 aliphatic rings. The van der Waals surface area contributed by atoms with Crippen molar-refractivity contribution in [1.82, 2.24) is 5.32 Å². The summed E-state index contributed by atoms with van der Waals surface area (Å²) in [5.41, 5.74) is 7.11. The lowest BCUT2D eigenvalue weighted by atomic mass is 10.0. The number of nitrogens with one attached hydrogen (secondary N) is 1. The largest absolute Gasteiger partial charge is 0.466 e. The van der Waals surface area contributed by atoms with Gasteiger partial charge in [-0.3, -0.25) is 9.59 Å². The van der Waals surface area contributed by atoms with Crippen LogP contribution in [0.25, 0.3) is 22.3 Å². The Labute approximate surface area is 215 Å². The minimum atomic E-state index is -0.243. The fourth-order valence-electron chi connectivity index (χ4n) is 3.79. The highest BCUT2D eigenvalue weighted by Crippen LogP contribution is 2.28. The first-order valence-electron chi connectivity index (χ1n) is 11.7. The van der Waals surface area contributed by atoms with Gasteiger partial charge in [0.25, 0.3) is 5.91 Å². The molecule has 1 N–H and O–H groups in total. The van der Waals surface area contributed by atoms with Gasteiger partial charge in [0, 0.05) is 6.54 Å². The number of rotatable bonds is 9. The SMILES string of the molecule is CCOC(=O)Cc1ccc(CNC(=O)c2cc(-c3ccc(-c4ccc(CC#N)cc4)cc3)cs2)cc1. The molecular weight excluding hydrogens is 468 g/mol. The zero-order chi connectivity index (χ0) is 25.3. The predicted molar refractivity (Wildman–Crippen MR) is 142 cm³/mol. The van der Waals surface area contributed by atoms with E-state index in [1.165, 1.54) is 11.3 Å². The highest BCUT2D eigenvalue weighted by atomic mass is 32.1. The number of nitrogens with zero attached hydrogens (tertiary/aromatic N) is 1. The zero-order valence-electron chi connectivity index (χ0n) is 20.0. The van der Waals surface area contributed by atoms with Crippen LogP contribution < -0.4 is 5.32 Å². The van der Waals surface area contributed by atoms with Gasteiger partial charge in [0.15, 0.2) is 0 Å². The summed E-state index contributed by atoms with van der Waals surface area (Å²) in [7, 11) is 0. The van der Waals surface area contributed by atoms with Gasteiger partial charge in [-0.25, -0.2) is 0 Å². The quantitative estimate of drug-likeness (QED) is 0.282. The van der Waals surface area contributed by atoms with Crippen LogP contribution in [0.1, 0.15) is 33.3 Å². The second kappa shape index (κ2) is 12.0. The van der Waals surface area contributed by atoms with Crippen molar-refractivity contribution in [2.24, 2.45) is 0 Å². The third-order valence-electron chi connectivity index (χ3n) is 5.74. The molecule has 0 unspecified atom stereocenters. The summed E-state index contributed by atoms with van der Waals surface area (Å²) in [6.45, 7) is 2.57. The van der Waals surface area contributed by atoms with E-state index in [2.05, 4.69) is 35.7 Å². The number of carbonyl (C=O) groups is 2. The molecule has 0 radical (unpaired) electrons. The molecule has 1 amide bonds. The summed E-state index contributed by atoms with van der Waals surface area (Å²) in [5, 5.41) is 13.8. The summed E-state index contributed by atoms with van der Waals surface area (Å²) in [5.74, 6) is -0.358. The third kappa shape index (κ3) is 6.47. The van der Waals surface area contributed by atoms with E-state index >= 15 is 0 Å². The predicted octanol–water partition coefficient (Wildman–Crippen LogP) is 6.18. The van der Waals surface area contributed by atoms with E-state index in [1.807, 2.05) is 60.0 Å². The fraction of sp³-hybridized carbons (Fsp3) is 0.167. The Morgan fingerprint density at radius 2 is 1.39 bits per heavy atom. The van der Waals surface area contributed by atoms with Crippen LogP contribution in [0.3, 0.4) is 0 Å². The molecule has 0 atom stereocenters. The van der Waals surface area contributed by atoms with Crippen LogP contribution >= 0.6 is 11.3 Å². The normalized spacial score (nSPS) is 10.4. The van der Waals surface area contributed by atoms with Crippen molar-refractivity contribution in [2.75, 3.05) is 6.61 Å². The van der Waals surface area contributed by atoms with Crippen LogP contribution in [0.2, 0.25) is 0 Å². The minimum absolute atomic E-state index is 0.115. The van der Waals surface area contributed by atoms with Crippen LogP contribution in [0.15, 0.2) is 84.2 Å². The molecule has 1 aromatic heterocycles. The Balaban J connectivity index is 1.34. The summed E-state index contributed by atoms with van der Waals surface area (Å²) in [4.78, 5) is 24.9. The molecule has 0 saturated heterocycles. The maximum Gasteiger partial charge on any atom is 0.310 e. The summed E-state index contributed by atoms with van der Waals surface area (Å²) in [6, 6.07) is 27.9. The van der Waals surface area contributed by atoms with Gasteiger partial charge in [0.2, 0.25) is 0 Å². The van der Waals surface area contributed by atoms with E-state index in [0.29, 0.717) is 24.4 Å². The number of thiophene rings is 1. The van der Waals surface area contributed by atoms with E-state index in [9.17, 15) is 9.59 Å². The van der Waals surface area contributed by atoms with Gasteiger partial charge >= 0.3 is 5.97 Å². The molecule has 0 spiro atoms. The molecule has 6 heteroatoms. The maximum absolute atomic E-state index is 12.7. The van der Waals surface area contributed by atoms with Gasteiger partial charge < -0.3 is 10.1 Å². The van der Waals surface area contributed by atoms with E-state index < -0.39 is 0 Å². The van der Waals surface area contributed by atoms with Gasteiger partial charge in [-0.15, -0.1) is 11.3 Å². The number of nitriles is 1. The van der Waals surface area contributed by atoms with Crippen LogP contribution in [0, 0.1) is 11.3 Å². The molecular formula is C30H26N2O3S. The van der Waals surface area contributed by atoms with Gasteiger partial charge in [-0.05, 0) is 57.3 Å². The standard InChI is InChI=1S/C30H26N2O3S/c1-2-35-29(33)17-22-3-5-23(6-4-22)19-32-30(34)28-18-27(20-36-28)26-13-11-25(12-14-26)24-9-7-21(8-10-24)15-16-31/h3-14,18,20H,2,15,17,19H2,1H3,(H,32,34). The first kappa shape index (κ1) is 24.9. The van der Waals surface area contributed by atoms with Gasteiger partial charge in [-0.2, -0.15) is 5.26 Å². The Morgan fingerprint density at radius 3 is 2.00 bits per heavy atom. The number of carbonyl (C=O) groups excluding carboxylic acids is 2. The number of benzene rings is 3. The molecule has 4 aromatic rings. The second-order valence-corrected chi connectivity index (χ2v) is 9.20. The lowest BCUT2D eigenvalue weighted by molar-refractivity contribution is -0.142. The number of ether oxygens (including phenoxy) is 1. The molecule has 5 nitrogen and oxygen atoms in total. The number of hydrogen-bond acceptors (Lipinski definition) is 5. The van der Waals surface area contributed by atoms with Crippen LogP contribution in [0.4, 0.5) is 0 Å². The van der Waals surface area contributed by atoms with Gasteiger partial charge in [0.05, 0.1) is 30.4 Å². The average Bonchev–Trinajstić information content (AvgIpc) is 3.40. The van der Waals surface area contributed by atoms with Crippen molar-refractivity contribution >= 4 is 23.2 Å². The van der Waals surface area contributed by atoms with Gasteiger partial charge in [0.1, 0.15) is 0 Å². The zero-order valence-corrected chi connectivity index (χ0v) is 20.8. The van der Waals surface area contributed by atoms with E-state index in [4.69, 9.17) is 10.00 Å². The molecule has 3 aromatic carbocycles. The molecule has 0 aliphatic carbocycles. The molecule has 0 aliphatic heterocycles. The topological polar surface area (TPSA) is 79.2 Å². The molecule has 0 saturated carbocycles. The van der Waals surface area contributed by atoms with Crippen LogP contribution in [-0.4, -0.2) is 18.5 Å². The van der Waals surface area contributed by atoms with Crippen molar-refractivity contribution in [1.29, 1.82) is 5.26 Å². The highest BCUT2D eigenvalue weighted by Gasteiger charge is 2.11. The fourth-order valence-corrected chi connectivity index (χ4v) is 4.62. The first-order chi connectivity index (χ1) is 17.6. The molecule has 36 heavy (non-hydrogen) atoms. The Kier molecular flexibility index (Phi) is 8.28. The van der Waals surface area contributed by atoms with Crippen molar-refractivity contribution in [3.8, 4) is 28.3 Å². The monoisotopic (exact) mass is 494 g/mol. The molecule has 0 bridgehead atoms. The molecule has 0 fully saturated rings. The first-order valence-corrected chi connectivity index (χ1v) is 12.6. The maximum atomic E-state index is 12.7. The van der Waals surface area contributed by atoms with Crippen molar-refractivity contribution in [3.05, 3.63) is 106 Å². The lowest BCUT2D eigenvalue weighted by Gasteiger charge is -2.06. The number of amides is 1. The second-order valence-electron chi connectivity index (χ2n) is 8.29. The van der Waals surface area contributed by atoms with Crippen molar-refractivity contribution < 1.29 is 14.3 Å².